The number of benzene rings is 1. The van der Waals surface area contributed by atoms with Gasteiger partial charge in [-0.05, 0) is 56.8 Å². The highest BCUT2D eigenvalue weighted by Gasteiger charge is 2.21. The maximum atomic E-state index is 4.43. The standard InChI is InChI=1S/C22H32N4/c1-16-10-19(12-25-9-7-21-22(14-25)24-15-23-21)18(3)20(11-16)13-26-8-5-4-6-17(26)2/h10-11,15,17H,4-9,12-14H2,1-3H3,(H,23,24)/t17-/m1/s1. The van der Waals surface area contributed by atoms with Crippen LogP contribution >= 0.6 is 0 Å². The van der Waals surface area contributed by atoms with Crippen molar-refractivity contribution in [2.75, 3.05) is 13.1 Å². The molecule has 1 atom stereocenters. The minimum absolute atomic E-state index is 0.716. The summed E-state index contributed by atoms with van der Waals surface area (Å²) in [5, 5.41) is 0. The SMILES string of the molecule is Cc1cc(CN2CCc3nc[nH]c3C2)c(C)c(CN2CCCC[C@H]2C)c1. The van der Waals surface area contributed by atoms with Gasteiger partial charge in [0.15, 0.2) is 0 Å². The van der Waals surface area contributed by atoms with E-state index in [0.717, 1.165) is 32.6 Å². The second kappa shape index (κ2) is 7.53. The third kappa shape index (κ3) is 3.72. The normalized spacial score (nSPS) is 21.7. The Balaban J connectivity index is 1.51. The summed E-state index contributed by atoms with van der Waals surface area (Å²) in [7, 11) is 0. The Labute approximate surface area is 157 Å². The zero-order chi connectivity index (χ0) is 18.1. The second-order valence-corrected chi connectivity index (χ2v) is 8.31. The number of piperidine rings is 1. The molecule has 2 aromatic rings. The van der Waals surface area contributed by atoms with Crippen molar-refractivity contribution in [3.63, 3.8) is 0 Å². The number of imidazole rings is 1. The van der Waals surface area contributed by atoms with Gasteiger partial charge in [0, 0.05) is 38.6 Å². The highest BCUT2D eigenvalue weighted by atomic mass is 15.2. The van der Waals surface area contributed by atoms with Crippen LogP contribution in [-0.2, 0) is 26.1 Å². The lowest BCUT2D eigenvalue weighted by Gasteiger charge is -2.34. The Morgan fingerprint density at radius 3 is 2.73 bits per heavy atom. The summed E-state index contributed by atoms with van der Waals surface area (Å²) >= 11 is 0. The first kappa shape index (κ1) is 17.7. The Bertz CT molecular complexity index is 763. The minimum atomic E-state index is 0.716. The third-order valence-electron chi connectivity index (χ3n) is 6.33. The molecular weight excluding hydrogens is 320 g/mol. The van der Waals surface area contributed by atoms with E-state index in [2.05, 4.69) is 52.7 Å². The predicted molar refractivity (Wildman–Crippen MR) is 106 cm³/mol. The number of H-pyrrole nitrogens is 1. The van der Waals surface area contributed by atoms with Gasteiger partial charge < -0.3 is 4.98 Å². The molecule has 4 rings (SSSR count). The first-order valence-electron chi connectivity index (χ1n) is 10.2. The van der Waals surface area contributed by atoms with Crippen LogP contribution in [0.15, 0.2) is 18.5 Å². The van der Waals surface area contributed by atoms with Crippen molar-refractivity contribution < 1.29 is 0 Å². The van der Waals surface area contributed by atoms with E-state index in [1.54, 1.807) is 0 Å². The van der Waals surface area contributed by atoms with Crippen molar-refractivity contribution in [2.24, 2.45) is 0 Å². The van der Waals surface area contributed by atoms with Crippen LogP contribution in [0.25, 0.3) is 0 Å². The predicted octanol–water partition coefficient (Wildman–Crippen LogP) is 3.96. The summed E-state index contributed by atoms with van der Waals surface area (Å²) in [5.74, 6) is 0. The molecule has 0 radical (unpaired) electrons. The monoisotopic (exact) mass is 352 g/mol. The van der Waals surface area contributed by atoms with Crippen molar-refractivity contribution in [3.8, 4) is 0 Å². The molecule has 2 aliphatic heterocycles. The molecule has 1 saturated heterocycles. The molecule has 4 nitrogen and oxygen atoms in total. The maximum absolute atomic E-state index is 4.43. The lowest BCUT2D eigenvalue weighted by atomic mass is 9.96. The van der Waals surface area contributed by atoms with Gasteiger partial charge in [-0.1, -0.05) is 24.1 Å². The van der Waals surface area contributed by atoms with Crippen LogP contribution < -0.4 is 0 Å². The molecule has 0 amide bonds. The van der Waals surface area contributed by atoms with Crippen LogP contribution in [0.2, 0.25) is 0 Å². The summed E-state index contributed by atoms with van der Waals surface area (Å²) in [5.41, 5.74) is 8.44. The summed E-state index contributed by atoms with van der Waals surface area (Å²) in [6.07, 6.45) is 6.98. The van der Waals surface area contributed by atoms with Gasteiger partial charge in [0.25, 0.3) is 0 Å². The smallest absolute Gasteiger partial charge is 0.0925 e. The molecule has 0 spiro atoms. The molecule has 0 bridgehead atoms. The zero-order valence-corrected chi connectivity index (χ0v) is 16.5. The van der Waals surface area contributed by atoms with E-state index in [1.807, 2.05) is 6.33 Å². The van der Waals surface area contributed by atoms with E-state index >= 15 is 0 Å². The Morgan fingerprint density at radius 2 is 1.92 bits per heavy atom. The average Bonchev–Trinajstić information content (AvgIpc) is 3.08. The number of likely N-dealkylation sites (tertiary alicyclic amines) is 1. The number of aromatic amines is 1. The zero-order valence-electron chi connectivity index (χ0n) is 16.5. The Kier molecular flexibility index (Phi) is 5.14. The number of rotatable bonds is 4. The lowest BCUT2D eigenvalue weighted by molar-refractivity contribution is 0.152. The summed E-state index contributed by atoms with van der Waals surface area (Å²) in [4.78, 5) is 13.0. The minimum Gasteiger partial charge on any atom is -0.347 e. The fraction of sp³-hybridized carbons (Fsp3) is 0.591. The van der Waals surface area contributed by atoms with Crippen molar-refractivity contribution >= 4 is 0 Å². The lowest BCUT2D eigenvalue weighted by Crippen LogP contribution is -2.37. The number of aromatic nitrogens is 2. The van der Waals surface area contributed by atoms with E-state index in [-0.39, 0.29) is 0 Å². The maximum Gasteiger partial charge on any atom is 0.0925 e. The molecule has 1 aromatic heterocycles. The first-order chi connectivity index (χ1) is 12.6. The summed E-state index contributed by atoms with van der Waals surface area (Å²) in [6.45, 7) is 12.4. The van der Waals surface area contributed by atoms with Gasteiger partial charge in [0.05, 0.1) is 17.7 Å². The molecule has 0 aliphatic carbocycles. The molecular formula is C22H32N4. The first-order valence-corrected chi connectivity index (χ1v) is 10.2. The Hall–Kier alpha value is -1.65. The number of aryl methyl sites for hydroxylation is 1. The highest BCUT2D eigenvalue weighted by molar-refractivity contribution is 5.38. The molecule has 3 heterocycles. The molecule has 26 heavy (non-hydrogen) atoms. The molecule has 1 N–H and O–H groups in total. The molecule has 1 aromatic carbocycles. The highest BCUT2D eigenvalue weighted by Crippen LogP contribution is 2.25. The summed E-state index contributed by atoms with van der Waals surface area (Å²) in [6, 6.07) is 5.51. The topological polar surface area (TPSA) is 35.2 Å². The van der Waals surface area contributed by atoms with Crippen molar-refractivity contribution in [1.82, 2.24) is 19.8 Å². The van der Waals surface area contributed by atoms with E-state index in [4.69, 9.17) is 0 Å². The summed E-state index contributed by atoms with van der Waals surface area (Å²) < 4.78 is 0. The number of hydrogen-bond acceptors (Lipinski definition) is 3. The van der Waals surface area contributed by atoms with Gasteiger partial charge in [0.2, 0.25) is 0 Å². The van der Waals surface area contributed by atoms with Gasteiger partial charge in [-0.2, -0.15) is 0 Å². The average molecular weight is 353 g/mol. The van der Waals surface area contributed by atoms with Gasteiger partial charge >= 0.3 is 0 Å². The van der Waals surface area contributed by atoms with E-state index in [0.29, 0.717) is 6.04 Å². The van der Waals surface area contributed by atoms with Crippen molar-refractivity contribution in [2.45, 2.75) is 72.1 Å². The van der Waals surface area contributed by atoms with Crippen LogP contribution in [0.4, 0.5) is 0 Å². The van der Waals surface area contributed by atoms with Gasteiger partial charge in [0.1, 0.15) is 0 Å². The van der Waals surface area contributed by atoms with E-state index < -0.39 is 0 Å². The Morgan fingerprint density at radius 1 is 1.12 bits per heavy atom. The van der Waals surface area contributed by atoms with Crippen LogP contribution in [0.3, 0.4) is 0 Å². The van der Waals surface area contributed by atoms with E-state index in [9.17, 15) is 0 Å². The van der Waals surface area contributed by atoms with E-state index in [1.165, 1.54) is 59.4 Å². The van der Waals surface area contributed by atoms with Crippen molar-refractivity contribution in [3.05, 3.63) is 52.1 Å². The van der Waals surface area contributed by atoms with Crippen LogP contribution in [0, 0.1) is 13.8 Å². The fourth-order valence-corrected chi connectivity index (χ4v) is 4.60. The van der Waals surface area contributed by atoms with Gasteiger partial charge in [-0.15, -0.1) is 0 Å². The number of fused-ring (bicyclic) bond motifs is 1. The van der Waals surface area contributed by atoms with Gasteiger partial charge in [-0.25, -0.2) is 4.98 Å². The van der Waals surface area contributed by atoms with Crippen molar-refractivity contribution in [1.29, 1.82) is 0 Å². The molecule has 140 valence electrons. The van der Waals surface area contributed by atoms with Gasteiger partial charge in [-0.3, -0.25) is 9.80 Å². The fourth-order valence-electron chi connectivity index (χ4n) is 4.60. The number of nitrogens with zero attached hydrogens (tertiary/aromatic N) is 3. The number of hydrogen-bond donors (Lipinski definition) is 1. The van der Waals surface area contributed by atoms with Crippen LogP contribution in [0.1, 0.15) is 59.8 Å². The largest absolute Gasteiger partial charge is 0.347 e. The molecule has 2 aliphatic rings. The third-order valence-corrected chi connectivity index (χ3v) is 6.33. The molecule has 4 heteroatoms. The van der Waals surface area contributed by atoms with Crippen LogP contribution in [-0.4, -0.2) is 38.9 Å². The number of nitrogens with one attached hydrogen (secondary N) is 1. The molecule has 0 unspecified atom stereocenters. The molecule has 1 fully saturated rings. The van der Waals surface area contributed by atoms with Crippen LogP contribution in [0.5, 0.6) is 0 Å². The second-order valence-electron chi connectivity index (χ2n) is 8.31. The quantitative estimate of drug-likeness (QED) is 0.905. The molecule has 0 saturated carbocycles.